The first-order chi connectivity index (χ1) is 12.5. The molecule has 0 atom stereocenters. The number of anilines is 3. The molecule has 0 aliphatic carbocycles. The molecule has 2 heterocycles. The van der Waals surface area contributed by atoms with Crippen LogP contribution in [-0.4, -0.2) is 28.5 Å². The van der Waals surface area contributed by atoms with Gasteiger partial charge >= 0.3 is 0 Å². The minimum absolute atomic E-state index is 0.729. The van der Waals surface area contributed by atoms with Crippen LogP contribution < -0.4 is 10.2 Å². The molecule has 2 aromatic heterocycles. The summed E-state index contributed by atoms with van der Waals surface area (Å²) in [6, 6.07) is 12.3. The van der Waals surface area contributed by atoms with Crippen LogP contribution in [0.3, 0.4) is 0 Å². The van der Waals surface area contributed by atoms with Crippen molar-refractivity contribution in [3.63, 3.8) is 0 Å². The number of aromatic nitrogens is 3. The Kier molecular flexibility index (Phi) is 5.46. The van der Waals surface area contributed by atoms with E-state index in [1.807, 2.05) is 44.6 Å². The second-order valence-electron chi connectivity index (χ2n) is 6.59. The van der Waals surface area contributed by atoms with Crippen LogP contribution in [0, 0.1) is 20.8 Å². The van der Waals surface area contributed by atoms with Crippen molar-refractivity contribution in [1.82, 2.24) is 15.0 Å². The molecule has 0 unspecified atom stereocenters. The Balaban J connectivity index is 1.75. The van der Waals surface area contributed by atoms with Crippen LogP contribution in [-0.2, 0) is 6.42 Å². The third-order valence-electron chi connectivity index (χ3n) is 4.54. The number of nitrogens with one attached hydrogen (secondary N) is 1. The van der Waals surface area contributed by atoms with Crippen LogP contribution in [0.5, 0.6) is 0 Å². The highest BCUT2D eigenvalue weighted by Gasteiger charge is 2.09. The van der Waals surface area contributed by atoms with E-state index in [9.17, 15) is 0 Å². The van der Waals surface area contributed by atoms with Gasteiger partial charge in [-0.15, -0.1) is 0 Å². The summed E-state index contributed by atoms with van der Waals surface area (Å²) in [4.78, 5) is 15.4. The van der Waals surface area contributed by atoms with E-state index in [1.165, 1.54) is 16.7 Å². The van der Waals surface area contributed by atoms with E-state index in [4.69, 9.17) is 4.98 Å². The maximum Gasteiger partial charge on any atom is 0.227 e. The number of pyridine rings is 1. The molecule has 1 N–H and O–H groups in total. The van der Waals surface area contributed by atoms with E-state index in [2.05, 4.69) is 52.2 Å². The second-order valence-corrected chi connectivity index (χ2v) is 6.59. The van der Waals surface area contributed by atoms with Crippen molar-refractivity contribution >= 4 is 17.5 Å². The molecule has 3 rings (SSSR count). The minimum atomic E-state index is 0.729. The number of hydrogen-bond donors (Lipinski definition) is 1. The Bertz CT molecular complexity index is 877. The number of hydrogen-bond acceptors (Lipinski definition) is 5. The summed E-state index contributed by atoms with van der Waals surface area (Å²) < 4.78 is 0. The predicted molar refractivity (Wildman–Crippen MR) is 107 cm³/mol. The number of likely N-dealkylation sites (N-methyl/N-ethyl adjacent to an activating group) is 1. The van der Waals surface area contributed by atoms with E-state index in [0.29, 0.717) is 0 Å². The highest BCUT2D eigenvalue weighted by molar-refractivity contribution is 5.62. The van der Waals surface area contributed by atoms with Gasteiger partial charge in [0.25, 0.3) is 0 Å². The SMILES string of the molecule is Cc1cc(Nc2cccc(C)c2C)nc(N(C)CCc2ccncc2)n1. The average molecular weight is 347 g/mol. The van der Waals surface area contributed by atoms with Crippen molar-refractivity contribution in [1.29, 1.82) is 0 Å². The molecular weight excluding hydrogens is 322 g/mol. The molecule has 0 saturated heterocycles. The molecule has 26 heavy (non-hydrogen) atoms. The molecule has 3 aromatic rings. The van der Waals surface area contributed by atoms with Gasteiger partial charge in [0.15, 0.2) is 0 Å². The summed E-state index contributed by atoms with van der Waals surface area (Å²) in [5, 5.41) is 3.44. The van der Waals surface area contributed by atoms with Gasteiger partial charge in [-0.3, -0.25) is 4.98 Å². The summed E-state index contributed by atoms with van der Waals surface area (Å²) >= 11 is 0. The zero-order valence-electron chi connectivity index (χ0n) is 15.8. The standard InChI is InChI=1S/C21H25N5/c1-15-6-5-7-19(17(15)3)24-20-14-16(2)23-21(25-20)26(4)13-10-18-8-11-22-12-9-18/h5-9,11-12,14H,10,13H2,1-4H3,(H,23,24,25). The van der Waals surface area contributed by atoms with Crippen molar-refractivity contribution in [2.45, 2.75) is 27.2 Å². The van der Waals surface area contributed by atoms with Gasteiger partial charge in [0.2, 0.25) is 5.95 Å². The van der Waals surface area contributed by atoms with E-state index in [1.54, 1.807) is 0 Å². The first-order valence-corrected chi connectivity index (χ1v) is 8.82. The van der Waals surface area contributed by atoms with Crippen LogP contribution in [0.25, 0.3) is 0 Å². The van der Waals surface area contributed by atoms with Gasteiger partial charge in [0, 0.05) is 43.4 Å². The lowest BCUT2D eigenvalue weighted by Crippen LogP contribution is -2.23. The van der Waals surface area contributed by atoms with Gasteiger partial charge in [-0.05, 0) is 62.1 Å². The van der Waals surface area contributed by atoms with Crippen LogP contribution >= 0.6 is 0 Å². The first kappa shape index (κ1) is 17.9. The predicted octanol–water partition coefficient (Wildman–Crippen LogP) is 4.22. The molecule has 0 bridgehead atoms. The highest BCUT2D eigenvalue weighted by Crippen LogP contribution is 2.23. The van der Waals surface area contributed by atoms with Crippen LogP contribution in [0.15, 0.2) is 48.8 Å². The zero-order valence-corrected chi connectivity index (χ0v) is 15.8. The van der Waals surface area contributed by atoms with Gasteiger partial charge < -0.3 is 10.2 Å². The fraction of sp³-hybridized carbons (Fsp3) is 0.286. The molecule has 0 saturated carbocycles. The molecule has 0 aliphatic heterocycles. The summed E-state index contributed by atoms with van der Waals surface area (Å²) in [6.45, 7) is 7.07. The average Bonchev–Trinajstić information content (AvgIpc) is 2.64. The quantitative estimate of drug-likeness (QED) is 0.723. The Morgan fingerprint density at radius 3 is 2.54 bits per heavy atom. The fourth-order valence-electron chi connectivity index (χ4n) is 2.76. The summed E-state index contributed by atoms with van der Waals surface area (Å²) in [5.41, 5.74) is 5.77. The second kappa shape index (κ2) is 7.95. The van der Waals surface area contributed by atoms with Crippen LogP contribution in [0.2, 0.25) is 0 Å². The monoisotopic (exact) mass is 347 g/mol. The number of benzene rings is 1. The molecule has 0 aliphatic rings. The normalized spacial score (nSPS) is 10.6. The summed E-state index contributed by atoms with van der Waals surface area (Å²) in [7, 11) is 2.03. The van der Waals surface area contributed by atoms with Gasteiger partial charge in [0.05, 0.1) is 0 Å². The lowest BCUT2D eigenvalue weighted by molar-refractivity contribution is 0.833. The fourth-order valence-corrected chi connectivity index (χ4v) is 2.76. The maximum atomic E-state index is 4.70. The van der Waals surface area contributed by atoms with Crippen LogP contribution in [0.4, 0.5) is 17.5 Å². The van der Waals surface area contributed by atoms with Crippen molar-refractivity contribution < 1.29 is 0 Å². The number of aryl methyl sites for hydroxylation is 2. The molecule has 1 aromatic carbocycles. The van der Waals surface area contributed by atoms with E-state index in [-0.39, 0.29) is 0 Å². The third kappa shape index (κ3) is 4.36. The number of nitrogens with zero attached hydrogens (tertiary/aromatic N) is 4. The van der Waals surface area contributed by atoms with Crippen LogP contribution in [0.1, 0.15) is 22.4 Å². The lowest BCUT2D eigenvalue weighted by atomic mass is 10.1. The topological polar surface area (TPSA) is 53.9 Å². The van der Waals surface area contributed by atoms with Crippen molar-refractivity contribution in [2.24, 2.45) is 0 Å². The third-order valence-corrected chi connectivity index (χ3v) is 4.54. The summed E-state index contributed by atoms with van der Waals surface area (Å²) in [6.07, 6.45) is 4.57. The van der Waals surface area contributed by atoms with E-state index >= 15 is 0 Å². The van der Waals surface area contributed by atoms with E-state index in [0.717, 1.165) is 36.1 Å². The van der Waals surface area contributed by atoms with Crippen molar-refractivity contribution in [3.8, 4) is 0 Å². The Labute approximate surface area is 155 Å². The number of rotatable bonds is 6. The maximum absolute atomic E-state index is 4.70. The Morgan fingerprint density at radius 1 is 1.00 bits per heavy atom. The molecule has 0 amide bonds. The Hall–Kier alpha value is -2.95. The van der Waals surface area contributed by atoms with Gasteiger partial charge in [-0.2, -0.15) is 4.98 Å². The molecule has 0 fully saturated rings. The van der Waals surface area contributed by atoms with E-state index < -0.39 is 0 Å². The van der Waals surface area contributed by atoms with Gasteiger partial charge in [-0.1, -0.05) is 12.1 Å². The molecule has 0 radical (unpaired) electrons. The minimum Gasteiger partial charge on any atom is -0.343 e. The molecular formula is C21H25N5. The zero-order chi connectivity index (χ0) is 18.5. The van der Waals surface area contributed by atoms with Crippen molar-refractivity contribution in [2.75, 3.05) is 23.8 Å². The molecule has 0 spiro atoms. The summed E-state index contributed by atoms with van der Waals surface area (Å²) in [5.74, 6) is 1.55. The molecule has 5 heteroatoms. The smallest absolute Gasteiger partial charge is 0.227 e. The van der Waals surface area contributed by atoms with Gasteiger partial charge in [0.1, 0.15) is 5.82 Å². The lowest BCUT2D eigenvalue weighted by Gasteiger charge is -2.19. The van der Waals surface area contributed by atoms with Gasteiger partial charge in [-0.25, -0.2) is 4.98 Å². The molecule has 5 nitrogen and oxygen atoms in total. The van der Waals surface area contributed by atoms with Crippen molar-refractivity contribution in [3.05, 3.63) is 71.2 Å². The Morgan fingerprint density at radius 2 is 1.77 bits per heavy atom. The largest absolute Gasteiger partial charge is 0.343 e. The first-order valence-electron chi connectivity index (χ1n) is 8.82. The highest BCUT2D eigenvalue weighted by atomic mass is 15.2. The molecule has 134 valence electrons.